The minimum absolute atomic E-state index is 0.865. The third-order valence-electron chi connectivity index (χ3n) is 4.51. The molecule has 0 spiro atoms. The summed E-state index contributed by atoms with van der Waals surface area (Å²) in [7, 11) is 2.25. The molecule has 2 heteroatoms. The monoisotopic (exact) mass is 244 g/mol. The molecule has 0 radical (unpaired) electrons. The van der Waals surface area contributed by atoms with Crippen molar-refractivity contribution in [1.29, 1.82) is 0 Å². The molecule has 0 aromatic heterocycles. The number of anilines is 1. The molecule has 3 rings (SSSR count). The number of benzene rings is 1. The molecule has 1 fully saturated rings. The van der Waals surface area contributed by atoms with Gasteiger partial charge in [-0.3, -0.25) is 0 Å². The molecular formula is C16H24N2. The van der Waals surface area contributed by atoms with Crippen molar-refractivity contribution in [2.45, 2.75) is 32.1 Å². The first-order valence-corrected chi connectivity index (χ1v) is 7.36. The van der Waals surface area contributed by atoms with Crippen LogP contribution in [0.1, 0.15) is 30.4 Å². The predicted octanol–water partition coefficient (Wildman–Crippen LogP) is 2.61. The van der Waals surface area contributed by atoms with Crippen LogP contribution < -0.4 is 10.2 Å². The minimum Gasteiger partial charge on any atom is -0.374 e. The summed E-state index contributed by atoms with van der Waals surface area (Å²) in [4.78, 5) is 2.45. The number of aryl methyl sites for hydroxylation is 2. The predicted molar refractivity (Wildman–Crippen MR) is 77.3 cm³/mol. The maximum absolute atomic E-state index is 3.44. The fraction of sp³-hybridized carbons (Fsp3) is 0.625. The molecule has 1 saturated heterocycles. The normalized spacial score (nSPS) is 19.8. The van der Waals surface area contributed by atoms with E-state index in [0.29, 0.717) is 0 Å². The van der Waals surface area contributed by atoms with Gasteiger partial charge in [0.15, 0.2) is 0 Å². The summed E-state index contributed by atoms with van der Waals surface area (Å²) in [6.07, 6.45) is 6.57. The molecule has 1 aliphatic heterocycles. The van der Waals surface area contributed by atoms with Crippen molar-refractivity contribution in [3.05, 3.63) is 29.3 Å². The summed E-state index contributed by atoms with van der Waals surface area (Å²) in [6, 6.07) is 7.07. The average molecular weight is 244 g/mol. The quantitative estimate of drug-likeness (QED) is 0.879. The van der Waals surface area contributed by atoms with E-state index in [-0.39, 0.29) is 0 Å². The third-order valence-corrected chi connectivity index (χ3v) is 4.51. The summed E-state index contributed by atoms with van der Waals surface area (Å²) in [5, 5.41) is 3.44. The zero-order chi connectivity index (χ0) is 12.4. The Kier molecular flexibility index (Phi) is 3.55. The maximum Gasteiger partial charge on any atom is 0.0366 e. The van der Waals surface area contributed by atoms with Gasteiger partial charge in [0.1, 0.15) is 0 Å². The second kappa shape index (κ2) is 5.31. The number of nitrogens with zero attached hydrogens (tertiary/aromatic N) is 1. The van der Waals surface area contributed by atoms with Crippen LogP contribution in [0, 0.1) is 5.92 Å². The van der Waals surface area contributed by atoms with E-state index in [0.717, 1.165) is 5.92 Å². The van der Waals surface area contributed by atoms with Crippen LogP contribution in [-0.4, -0.2) is 26.7 Å². The maximum atomic E-state index is 3.44. The molecule has 2 aliphatic rings. The van der Waals surface area contributed by atoms with Crippen molar-refractivity contribution >= 4 is 5.69 Å². The average Bonchev–Trinajstić information content (AvgIpc) is 2.87. The minimum atomic E-state index is 0.865. The van der Waals surface area contributed by atoms with Gasteiger partial charge >= 0.3 is 0 Å². The molecule has 0 saturated carbocycles. The first-order valence-electron chi connectivity index (χ1n) is 7.36. The third kappa shape index (κ3) is 2.54. The molecular weight excluding hydrogens is 220 g/mol. The zero-order valence-corrected chi connectivity index (χ0v) is 11.4. The molecule has 18 heavy (non-hydrogen) atoms. The largest absolute Gasteiger partial charge is 0.374 e. The molecule has 1 aromatic rings. The Bertz CT molecular complexity index is 408. The van der Waals surface area contributed by atoms with Gasteiger partial charge in [0.05, 0.1) is 0 Å². The van der Waals surface area contributed by atoms with Gasteiger partial charge in [0.25, 0.3) is 0 Å². The van der Waals surface area contributed by atoms with Crippen molar-refractivity contribution in [3.8, 4) is 0 Å². The molecule has 0 atom stereocenters. The van der Waals surface area contributed by atoms with E-state index in [1.54, 1.807) is 11.1 Å². The van der Waals surface area contributed by atoms with Crippen LogP contribution in [0.5, 0.6) is 0 Å². The fourth-order valence-electron chi connectivity index (χ4n) is 3.35. The van der Waals surface area contributed by atoms with Crippen LogP contribution in [-0.2, 0) is 12.8 Å². The Morgan fingerprint density at radius 2 is 1.94 bits per heavy atom. The Morgan fingerprint density at radius 3 is 2.78 bits per heavy atom. The number of fused-ring (bicyclic) bond motifs is 1. The lowest BCUT2D eigenvalue weighted by Crippen LogP contribution is -2.34. The summed E-state index contributed by atoms with van der Waals surface area (Å²) in [5.41, 5.74) is 4.58. The van der Waals surface area contributed by atoms with Crippen molar-refractivity contribution in [3.63, 3.8) is 0 Å². The lowest BCUT2D eigenvalue weighted by Gasteiger charge is -2.29. The van der Waals surface area contributed by atoms with Crippen LogP contribution >= 0.6 is 0 Å². The van der Waals surface area contributed by atoms with Gasteiger partial charge in [-0.1, -0.05) is 6.07 Å². The summed E-state index contributed by atoms with van der Waals surface area (Å²) >= 11 is 0. The smallest absolute Gasteiger partial charge is 0.0366 e. The van der Waals surface area contributed by atoms with Crippen LogP contribution in [0.15, 0.2) is 18.2 Å². The Labute approximate surface area is 110 Å². The van der Waals surface area contributed by atoms with Gasteiger partial charge in [-0.15, -0.1) is 0 Å². The van der Waals surface area contributed by atoms with Crippen LogP contribution in [0.3, 0.4) is 0 Å². The van der Waals surface area contributed by atoms with Crippen molar-refractivity contribution < 1.29 is 0 Å². The van der Waals surface area contributed by atoms with Crippen LogP contribution in [0.4, 0.5) is 5.69 Å². The molecule has 1 aromatic carbocycles. The lowest BCUT2D eigenvalue weighted by molar-refractivity contribution is 0.378. The number of hydrogen-bond acceptors (Lipinski definition) is 2. The van der Waals surface area contributed by atoms with Gasteiger partial charge < -0.3 is 10.2 Å². The number of rotatable bonds is 3. The molecule has 2 nitrogen and oxygen atoms in total. The summed E-state index contributed by atoms with van der Waals surface area (Å²) in [5.74, 6) is 0.865. The van der Waals surface area contributed by atoms with E-state index >= 15 is 0 Å². The van der Waals surface area contributed by atoms with Gasteiger partial charge in [0.2, 0.25) is 0 Å². The van der Waals surface area contributed by atoms with Crippen molar-refractivity contribution in [2.75, 3.05) is 31.6 Å². The topological polar surface area (TPSA) is 15.3 Å². The number of piperidine rings is 1. The number of nitrogens with one attached hydrogen (secondary N) is 1. The van der Waals surface area contributed by atoms with E-state index in [1.807, 2.05) is 0 Å². The molecule has 0 bridgehead atoms. The summed E-state index contributed by atoms with van der Waals surface area (Å²) < 4.78 is 0. The van der Waals surface area contributed by atoms with E-state index < -0.39 is 0 Å². The first kappa shape index (κ1) is 12.0. The molecule has 0 unspecified atom stereocenters. The zero-order valence-electron chi connectivity index (χ0n) is 11.4. The summed E-state index contributed by atoms with van der Waals surface area (Å²) in [6.45, 7) is 3.60. The first-order chi connectivity index (χ1) is 8.83. The highest BCUT2D eigenvalue weighted by Crippen LogP contribution is 2.27. The van der Waals surface area contributed by atoms with Gasteiger partial charge in [-0.05, 0) is 74.4 Å². The molecule has 1 N–H and O–H groups in total. The van der Waals surface area contributed by atoms with E-state index in [4.69, 9.17) is 0 Å². The lowest BCUT2D eigenvalue weighted by atomic mass is 9.97. The highest BCUT2D eigenvalue weighted by atomic mass is 15.1. The molecule has 0 amide bonds. The fourth-order valence-corrected chi connectivity index (χ4v) is 3.35. The van der Waals surface area contributed by atoms with Crippen LogP contribution in [0.25, 0.3) is 0 Å². The second-order valence-corrected chi connectivity index (χ2v) is 5.88. The molecule has 1 aliphatic carbocycles. The SMILES string of the molecule is CN(CC1CCNCC1)c1ccc2c(c1)CCC2. The highest BCUT2D eigenvalue weighted by Gasteiger charge is 2.17. The highest BCUT2D eigenvalue weighted by molar-refractivity contribution is 5.51. The molecule has 98 valence electrons. The van der Waals surface area contributed by atoms with E-state index in [9.17, 15) is 0 Å². The standard InChI is InChI=1S/C16H24N2/c1-18(12-13-7-9-17-10-8-13)16-6-5-14-3-2-4-15(14)11-16/h5-6,11,13,17H,2-4,7-10,12H2,1H3. The Balaban J connectivity index is 1.66. The van der Waals surface area contributed by atoms with E-state index in [2.05, 4.69) is 35.5 Å². The Morgan fingerprint density at radius 1 is 1.17 bits per heavy atom. The van der Waals surface area contributed by atoms with Crippen molar-refractivity contribution in [2.24, 2.45) is 5.92 Å². The van der Waals surface area contributed by atoms with Gasteiger partial charge in [-0.2, -0.15) is 0 Å². The molecule has 1 heterocycles. The van der Waals surface area contributed by atoms with Crippen molar-refractivity contribution in [1.82, 2.24) is 5.32 Å². The van der Waals surface area contributed by atoms with Crippen LogP contribution in [0.2, 0.25) is 0 Å². The van der Waals surface area contributed by atoms with Gasteiger partial charge in [-0.25, -0.2) is 0 Å². The van der Waals surface area contributed by atoms with Gasteiger partial charge in [0, 0.05) is 19.3 Å². The van der Waals surface area contributed by atoms with E-state index in [1.165, 1.54) is 57.4 Å². The Hall–Kier alpha value is -1.02. The number of hydrogen-bond donors (Lipinski definition) is 1. The second-order valence-electron chi connectivity index (χ2n) is 5.88.